The highest BCUT2D eigenvalue weighted by Gasteiger charge is 2.40. The van der Waals surface area contributed by atoms with Gasteiger partial charge in [-0.2, -0.15) is 0 Å². The molecule has 3 rings (SSSR count). The molecule has 22 heavy (non-hydrogen) atoms. The zero-order valence-electron chi connectivity index (χ0n) is 12.5. The van der Waals surface area contributed by atoms with Gasteiger partial charge in [0.25, 0.3) is 5.91 Å². The molecular weight excluding hydrogens is 283 g/mol. The fourth-order valence-corrected chi connectivity index (χ4v) is 3.60. The predicted molar refractivity (Wildman–Crippen MR) is 81.7 cm³/mol. The van der Waals surface area contributed by atoms with E-state index >= 15 is 0 Å². The third-order valence-electron chi connectivity index (χ3n) is 4.88. The van der Waals surface area contributed by atoms with Crippen LogP contribution in [-0.2, 0) is 4.79 Å². The van der Waals surface area contributed by atoms with Crippen molar-refractivity contribution < 1.29 is 14.0 Å². The standard InChI is InChI=1S/C17H21FN2O2/c18-15-8-7-11(9-14(15)16(19)21)20-17(22)13-4-2-1-3-12(13)10-5-6-10/h7-10,12-13H,1-6H2,(H2,19,21)(H,20,22). The molecule has 2 unspecified atom stereocenters. The number of carbonyl (C=O) groups is 2. The number of nitrogens with one attached hydrogen (secondary N) is 1. The largest absolute Gasteiger partial charge is 0.366 e. The summed E-state index contributed by atoms with van der Waals surface area (Å²) in [6.45, 7) is 0. The molecule has 2 amide bonds. The van der Waals surface area contributed by atoms with E-state index in [-0.39, 0.29) is 17.4 Å². The van der Waals surface area contributed by atoms with Crippen molar-refractivity contribution >= 4 is 17.5 Å². The lowest BCUT2D eigenvalue weighted by atomic mass is 9.76. The number of benzene rings is 1. The van der Waals surface area contributed by atoms with Gasteiger partial charge in [-0.25, -0.2) is 4.39 Å². The van der Waals surface area contributed by atoms with E-state index in [0.717, 1.165) is 25.3 Å². The second kappa shape index (κ2) is 6.07. The molecule has 0 aromatic heterocycles. The van der Waals surface area contributed by atoms with Gasteiger partial charge in [0.2, 0.25) is 5.91 Å². The minimum atomic E-state index is -0.831. The van der Waals surface area contributed by atoms with Crippen molar-refractivity contribution in [2.75, 3.05) is 5.32 Å². The first-order valence-corrected chi connectivity index (χ1v) is 7.96. The second-order valence-corrected chi connectivity index (χ2v) is 6.44. The summed E-state index contributed by atoms with van der Waals surface area (Å²) < 4.78 is 13.5. The van der Waals surface area contributed by atoms with Crippen molar-refractivity contribution in [1.82, 2.24) is 0 Å². The van der Waals surface area contributed by atoms with Crippen molar-refractivity contribution in [2.45, 2.75) is 38.5 Å². The predicted octanol–water partition coefficient (Wildman–Crippen LogP) is 3.08. The first-order chi connectivity index (χ1) is 10.6. The molecule has 3 N–H and O–H groups in total. The van der Waals surface area contributed by atoms with Gasteiger partial charge in [-0.1, -0.05) is 12.8 Å². The molecule has 0 bridgehead atoms. The van der Waals surface area contributed by atoms with Gasteiger partial charge in [-0.15, -0.1) is 0 Å². The highest BCUT2D eigenvalue weighted by Crippen LogP contribution is 2.47. The minimum Gasteiger partial charge on any atom is -0.366 e. The van der Waals surface area contributed by atoms with E-state index in [4.69, 9.17) is 5.73 Å². The van der Waals surface area contributed by atoms with E-state index in [0.29, 0.717) is 17.5 Å². The number of hydrogen-bond donors (Lipinski definition) is 2. The number of amides is 2. The van der Waals surface area contributed by atoms with Gasteiger partial charge in [0.1, 0.15) is 5.82 Å². The first kappa shape index (κ1) is 15.0. The molecule has 0 saturated heterocycles. The quantitative estimate of drug-likeness (QED) is 0.897. The van der Waals surface area contributed by atoms with Gasteiger partial charge < -0.3 is 11.1 Å². The van der Waals surface area contributed by atoms with Crippen molar-refractivity contribution in [1.29, 1.82) is 0 Å². The van der Waals surface area contributed by atoms with Crippen molar-refractivity contribution in [3.8, 4) is 0 Å². The summed E-state index contributed by atoms with van der Waals surface area (Å²) in [7, 11) is 0. The summed E-state index contributed by atoms with van der Waals surface area (Å²) in [5.41, 5.74) is 5.37. The molecule has 1 aromatic carbocycles. The Morgan fingerprint density at radius 1 is 1.14 bits per heavy atom. The Balaban J connectivity index is 1.73. The lowest BCUT2D eigenvalue weighted by molar-refractivity contribution is -0.122. The number of halogens is 1. The second-order valence-electron chi connectivity index (χ2n) is 6.44. The highest BCUT2D eigenvalue weighted by atomic mass is 19.1. The van der Waals surface area contributed by atoms with Crippen molar-refractivity contribution in [2.24, 2.45) is 23.5 Å². The molecule has 2 saturated carbocycles. The number of rotatable bonds is 4. The van der Waals surface area contributed by atoms with Crippen LogP contribution in [0.2, 0.25) is 0 Å². The lowest BCUT2D eigenvalue weighted by Crippen LogP contribution is -2.33. The molecule has 118 valence electrons. The van der Waals surface area contributed by atoms with Crippen LogP contribution in [0.1, 0.15) is 48.9 Å². The Bertz CT molecular complexity index is 598. The Labute approximate surface area is 129 Å². The third kappa shape index (κ3) is 3.13. The lowest BCUT2D eigenvalue weighted by Gasteiger charge is -2.30. The van der Waals surface area contributed by atoms with E-state index in [2.05, 4.69) is 5.32 Å². The first-order valence-electron chi connectivity index (χ1n) is 7.96. The van der Waals surface area contributed by atoms with Crippen LogP contribution in [0.25, 0.3) is 0 Å². The van der Waals surface area contributed by atoms with Crippen LogP contribution in [0.3, 0.4) is 0 Å². The zero-order chi connectivity index (χ0) is 15.7. The van der Waals surface area contributed by atoms with Crippen LogP contribution in [0.4, 0.5) is 10.1 Å². The Hall–Kier alpha value is -1.91. The van der Waals surface area contributed by atoms with E-state index in [1.54, 1.807) is 0 Å². The molecule has 2 aliphatic rings. The van der Waals surface area contributed by atoms with E-state index < -0.39 is 11.7 Å². The molecule has 0 heterocycles. The Morgan fingerprint density at radius 3 is 2.55 bits per heavy atom. The summed E-state index contributed by atoms with van der Waals surface area (Å²) in [5, 5.41) is 2.83. The van der Waals surface area contributed by atoms with Gasteiger partial charge in [-0.05, 0) is 55.7 Å². The number of primary amides is 1. The summed E-state index contributed by atoms with van der Waals surface area (Å²) in [6.07, 6.45) is 6.79. The summed E-state index contributed by atoms with van der Waals surface area (Å²) >= 11 is 0. The molecule has 0 spiro atoms. The molecular formula is C17H21FN2O2. The Morgan fingerprint density at radius 2 is 1.86 bits per heavy atom. The fourth-order valence-electron chi connectivity index (χ4n) is 3.60. The number of nitrogens with two attached hydrogens (primary N) is 1. The van der Waals surface area contributed by atoms with E-state index in [1.165, 1.54) is 31.4 Å². The van der Waals surface area contributed by atoms with Crippen LogP contribution in [0.5, 0.6) is 0 Å². The fraction of sp³-hybridized carbons (Fsp3) is 0.529. The maximum Gasteiger partial charge on any atom is 0.251 e. The summed E-state index contributed by atoms with van der Waals surface area (Å²) in [6, 6.07) is 3.94. The topological polar surface area (TPSA) is 72.2 Å². The average molecular weight is 304 g/mol. The third-order valence-corrected chi connectivity index (χ3v) is 4.88. The number of anilines is 1. The van der Waals surface area contributed by atoms with Crippen LogP contribution in [0, 0.1) is 23.6 Å². The van der Waals surface area contributed by atoms with Gasteiger partial charge in [0.15, 0.2) is 0 Å². The number of carbonyl (C=O) groups excluding carboxylic acids is 2. The molecule has 2 fully saturated rings. The monoisotopic (exact) mass is 304 g/mol. The van der Waals surface area contributed by atoms with Gasteiger partial charge >= 0.3 is 0 Å². The van der Waals surface area contributed by atoms with Gasteiger partial charge in [0.05, 0.1) is 5.56 Å². The van der Waals surface area contributed by atoms with E-state index in [9.17, 15) is 14.0 Å². The summed E-state index contributed by atoms with van der Waals surface area (Å²) in [4.78, 5) is 23.7. The van der Waals surface area contributed by atoms with Crippen LogP contribution >= 0.6 is 0 Å². The Kier molecular flexibility index (Phi) is 4.14. The van der Waals surface area contributed by atoms with Crippen molar-refractivity contribution in [3.63, 3.8) is 0 Å². The molecule has 2 atom stereocenters. The zero-order valence-corrected chi connectivity index (χ0v) is 12.5. The summed E-state index contributed by atoms with van der Waals surface area (Å²) in [5.74, 6) is -0.307. The molecule has 1 aromatic rings. The molecule has 5 heteroatoms. The SMILES string of the molecule is NC(=O)c1cc(NC(=O)C2CCCCC2C2CC2)ccc1F. The van der Waals surface area contributed by atoms with Crippen LogP contribution < -0.4 is 11.1 Å². The molecule has 4 nitrogen and oxygen atoms in total. The normalized spacial score (nSPS) is 24.8. The molecule has 0 radical (unpaired) electrons. The maximum absolute atomic E-state index is 13.5. The van der Waals surface area contributed by atoms with Crippen LogP contribution in [-0.4, -0.2) is 11.8 Å². The highest BCUT2D eigenvalue weighted by molar-refractivity contribution is 5.97. The molecule has 0 aliphatic heterocycles. The number of hydrogen-bond acceptors (Lipinski definition) is 2. The molecule has 2 aliphatic carbocycles. The maximum atomic E-state index is 13.5. The van der Waals surface area contributed by atoms with Gasteiger partial charge in [-0.3, -0.25) is 9.59 Å². The van der Waals surface area contributed by atoms with E-state index in [1.807, 2.05) is 0 Å². The average Bonchev–Trinajstić information content (AvgIpc) is 3.33. The van der Waals surface area contributed by atoms with Crippen LogP contribution in [0.15, 0.2) is 18.2 Å². The van der Waals surface area contributed by atoms with Gasteiger partial charge in [0, 0.05) is 11.6 Å². The van der Waals surface area contributed by atoms with Crippen molar-refractivity contribution in [3.05, 3.63) is 29.6 Å². The minimum absolute atomic E-state index is 0.0152. The smallest absolute Gasteiger partial charge is 0.251 e.